The van der Waals surface area contributed by atoms with E-state index < -0.39 is 0 Å². The second kappa shape index (κ2) is 9.93. The quantitative estimate of drug-likeness (QED) is 0.431. The number of halogens is 2. The Morgan fingerprint density at radius 3 is 2.53 bits per heavy atom. The fraction of sp³-hybridized carbons (Fsp3) is 0.348. The van der Waals surface area contributed by atoms with Gasteiger partial charge in [-0.2, -0.15) is 4.68 Å². The largest absolute Gasteiger partial charge is 0.349 e. The van der Waals surface area contributed by atoms with E-state index in [4.69, 9.17) is 23.2 Å². The van der Waals surface area contributed by atoms with Crippen LogP contribution in [0.4, 0.5) is 5.69 Å². The van der Waals surface area contributed by atoms with Crippen LogP contribution in [0, 0.1) is 0 Å². The number of rotatable bonds is 7. The van der Waals surface area contributed by atoms with Gasteiger partial charge in [0.15, 0.2) is 0 Å². The van der Waals surface area contributed by atoms with E-state index >= 15 is 0 Å². The molecule has 2 aromatic carbocycles. The van der Waals surface area contributed by atoms with Gasteiger partial charge in [0.25, 0.3) is 5.91 Å². The van der Waals surface area contributed by atoms with Crippen LogP contribution in [0.15, 0.2) is 41.6 Å². The van der Waals surface area contributed by atoms with Gasteiger partial charge < -0.3 is 10.6 Å². The van der Waals surface area contributed by atoms with Crippen LogP contribution in [-0.2, 0) is 10.2 Å². The summed E-state index contributed by atoms with van der Waals surface area (Å²) in [6.45, 7) is 6.33. The maximum absolute atomic E-state index is 12.5. The maximum Gasteiger partial charge on any atom is 0.251 e. The number of hydrogen-bond acceptors (Lipinski definition) is 6. The van der Waals surface area contributed by atoms with E-state index in [1.54, 1.807) is 18.2 Å². The molecule has 1 aromatic heterocycles. The van der Waals surface area contributed by atoms with Crippen molar-refractivity contribution in [2.45, 2.75) is 50.2 Å². The zero-order chi connectivity index (χ0) is 24.5. The molecule has 1 saturated carbocycles. The standard InChI is InChI=1S/C23H24Cl2N6O2S/c1-23(2,3)14-5-9-19(17(25)11-14)31-22(28-29-30-31)34-12-20(32)27-18-8-4-13(10-16(18)24)21(33)26-15-6-7-15/h4-5,8-11,15H,6-7,12H2,1-3H3,(H,26,33)(H,27,32). The first kappa shape index (κ1) is 24.5. The lowest BCUT2D eigenvalue weighted by molar-refractivity contribution is -0.113. The lowest BCUT2D eigenvalue weighted by atomic mass is 9.87. The summed E-state index contributed by atoms with van der Waals surface area (Å²) in [4.78, 5) is 24.7. The van der Waals surface area contributed by atoms with Gasteiger partial charge in [0, 0.05) is 11.6 Å². The number of benzene rings is 2. The smallest absolute Gasteiger partial charge is 0.251 e. The third-order valence-corrected chi connectivity index (χ3v) is 6.77. The van der Waals surface area contributed by atoms with Gasteiger partial charge in [0.1, 0.15) is 0 Å². The van der Waals surface area contributed by atoms with Crippen molar-refractivity contribution in [1.82, 2.24) is 25.5 Å². The van der Waals surface area contributed by atoms with Gasteiger partial charge in [-0.1, -0.05) is 61.8 Å². The summed E-state index contributed by atoms with van der Waals surface area (Å²) in [6.07, 6.45) is 2.01. The minimum Gasteiger partial charge on any atom is -0.349 e. The Hall–Kier alpha value is -2.62. The molecule has 11 heteroatoms. The molecule has 0 spiro atoms. The Labute approximate surface area is 211 Å². The van der Waals surface area contributed by atoms with Gasteiger partial charge in [-0.25, -0.2) is 0 Å². The van der Waals surface area contributed by atoms with Crippen molar-refractivity contribution in [2.24, 2.45) is 0 Å². The molecule has 0 atom stereocenters. The monoisotopic (exact) mass is 518 g/mol. The van der Waals surface area contributed by atoms with Crippen LogP contribution in [-0.4, -0.2) is 43.8 Å². The summed E-state index contributed by atoms with van der Waals surface area (Å²) in [5.41, 5.74) is 2.56. The van der Waals surface area contributed by atoms with Crippen LogP contribution < -0.4 is 10.6 Å². The van der Waals surface area contributed by atoms with Crippen LogP contribution in [0.25, 0.3) is 5.69 Å². The normalized spacial score (nSPS) is 13.6. The number of nitrogens with one attached hydrogen (secondary N) is 2. The van der Waals surface area contributed by atoms with Crippen LogP contribution in [0.2, 0.25) is 10.0 Å². The van der Waals surface area contributed by atoms with Crippen LogP contribution in [0.3, 0.4) is 0 Å². The molecule has 1 aliphatic rings. The highest BCUT2D eigenvalue weighted by molar-refractivity contribution is 7.99. The van der Waals surface area contributed by atoms with E-state index in [1.165, 1.54) is 16.4 Å². The first-order chi connectivity index (χ1) is 16.1. The van der Waals surface area contributed by atoms with Crippen molar-refractivity contribution >= 4 is 52.5 Å². The molecule has 34 heavy (non-hydrogen) atoms. The molecule has 0 radical (unpaired) electrons. The Kier molecular flexibility index (Phi) is 7.16. The summed E-state index contributed by atoms with van der Waals surface area (Å²) in [5.74, 6) is -0.400. The number of aromatic nitrogens is 4. The van der Waals surface area contributed by atoms with Crippen molar-refractivity contribution in [3.63, 3.8) is 0 Å². The molecule has 2 amide bonds. The van der Waals surface area contributed by atoms with Crippen LogP contribution >= 0.6 is 35.0 Å². The highest BCUT2D eigenvalue weighted by Crippen LogP contribution is 2.30. The number of tetrazole rings is 1. The minimum atomic E-state index is -0.286. The fourth-order valence-corrected chi connectivity index (χ4v) is 4.31. The fourth-order valence-electron chi connectivity index (χ4n) is 3.14. The van der Waals surface area contributed by atoms with Crippen molar-refractivity contribution < 1.29 is 9.59 Å². The molecule has 4 rings (SSSR count). The number of anilines is 1. The predicted octanol–water partition coefficient (Wildman–Crippen LogP) is 4.89. The molecular weight excluding hydrogens is 495 g/mol. The number of nitrogens with zero attached hydrogens (tertiary/aromatic N) is 4. The average Bonchev–Trinajstić information content (AvgIpc) is 3.47. The summed E-state index contributed by atoms with van der Waals surface area (Å²) in [7, 11) is 0. The van der Waals surface area contributed by atoms with E-state index in [0.29, 0.717) is 27.1 Å². The first-order valence-electron chi connectivity index (χ1n) is 10.7. The van der Waals surface area contributed by atoms with Gasteiger partial charge in [-0.3, -0.25) is 9.59 Å². The molecule has 0 unspecified atom stereocenters. The number of thioether (sulfide) groups is 1. The van der Waals surface area contributed by atoms with E-state index in [9.17, 15) is 9.59 Å². The molecule has 1 aliphatic carbocycles. The second-order valence-corrected chi connectivity index (χ2v) is 10.8. The lowest BCUT2D eigenvalue weighted by Gasteiger charge is -2.20. The predicted molar refractivity (Wildman–Crippen MR) is 134 cm³/mol. The lowest BCUT2D eigenvalue weighted by Crippen LogP contribution is -2.25. The molecule has 2 N–H and O–H groups in total. The highest BCUT2D eigenvalue weighted by atomic mass is 35.5. The number of hydrogen-bond donors (Lipinski definition) is 2. The van der Waals surface area contributed by atoms with Gasteiger partial charge >= 0.3 is 0 Å². The number of carbonyl (C=O) groups excluding carboxylic acids is 2. The van der Waals surface area contributed by atoms with E-state index in [1.807, 2.05) is 18.2 Å². The van der Waals surface area contributed by atoms with Crippen LogP contribution in [0.1, 0.15) is 49.5 Å². The van der Waals surface area contributed by atoms with Gasteiger partial charge in [-0.15, -0.1) is 5.10 Å². The summed E-state index contributed by atoms with van der Waals surface area (Å²) < 4.78 is 1.51. The zero-order valence-corrected chi connectivity index (χ0v) is 21.3. The summed E-state index contributed by atoms with van der Waals surface area (Å²) in [5, 5.41) is 18.7. The third kappa shape index (κ3) is 5.89. The van der Waals surface area contributed by atoms with E-state index in [0.717, 1.165) is 18.4 Å². The molecule has 1 heterocycles. The van der Waals surface area contributed by atoms with Crippen molar-refractivity contribution in [1.29, 1.82) is 0 Å². The second-order valence-electron chi connectivity index (χ2n) is 9.07. The van der Waals surface area contributed by atoms with Crippen molar-refractivity contribution in [3.05, 3.63) is 57.6 Å². The molecule has 8 nitrogen and oxygen atoms in total. The van der Waals surface area contributed by atoms with E-state index in [-0.39, 0.29) is 34.0 Å². The molecule has 0 bridgehead atoms. The third-order valence-electron chi connectivity index (χ3n) is 5.23. The first-order valence-corrected chi connectivity index (χ1v) is 12.5. The Morgan fingerprint density at radius 1 is 1.12 bits per heavy atom. The molecule has 3 aromatic rings. The molecular formula is C23H24Cl2N6O2S. The van der Waals surface area contributed by atoms with Gasteiger partial charge in [0.2, 0.25) is 11.1 Å². The van der Waals surface area contributed by atoms with E-state index in [2.05, 4.69) is 46.9 Å². The molecule has 178 valence electrons. The average molecular weight is 519 g/mol. The Bertz CT molecular complexity index is 1240. The van der Waals surface area contributed by atoms with Gasteiger partial charge in [-0.05, 0) is 64.6 Å². The SMILES string of the molecule is CC(C)(C)c1ccc(-n2nnnc2SCC(=O)Nc2ccc(C(=O)NC3CC3)cc2Cl)c(Cl)c1. The number of amides is 2. The zero-order valence-electron chi connectivity index (χ0n) is 18.9. The number of carbonyl (C=O) groups is 2. The topological polar surface area (TPSA) is 102 Å². The summed E-state index contributed by atoms with van der Waals surface area (Å²) in [6, 6.07) is 10.8. The maximum atomic E-state index is 12.5. The highest BCUT2D eigenvalue weighted by Gasteiger charge is 2.24. The Balaban J connectivity index is 1.39. The summed E-state index contributed by atoms with van der Waals surface area (Å²) >= 11 is 14.0. The van der Waals surface area contributed by atoms with Crippen molar-refractivity contribution in [3.8, 4) is 5.69 Å². The van der Waals surface area contributed by atoms with Crippen molar-refractivity contribution in [2.75, 3.05) is 11.1 Å². The minimum absolute atomic E-state index is 0.0427. The molecule has 0 saturated heterocycles. The molecule has 0 aliphatic heterocycles. The van der Waals surface area contributed by atoms with Gasteiger partial charge in [0.05, 0.1) is 27.2 Å². The Morgan fingerprint density at radius 2 is 1.88 bits per heavy atom. The van der Waals surface area contributed by atoms with Crippen LogP contribution in [0.5, 0.6) is 0 Å². The molecule has 1 fully saturated rings.